The molecular formula is C18H17N3O4. The molecule has 0 radical (unpaired) electrons. The summed E-state index contributed by atoms with van der Waals surface area (Å²) in [5, 5.41) is 0. The Morgan fingerprint density at radius 3 is 2.92 bits per heavy atom. The minimum absolute atomic E-state index is 0.112. The van der Waals surface area contributed by atoms with Gasteiger partial charge in [0.1, 0.15) is 17.8 Å². The Labute approximate surface area is 143 Å². The van der Waals surface area contributed by atoms with E-state index in [4.69, 9.17) is 9.47 Å². The number of rotatable bonds is 5. The first kappa shape index (κ1) is 16.6. The number of pyridine rings is 2. The average molecular weight is 339 g/mol. The fourth-order valence-corrected chi connectivity index (χ4v) is 2.40. The van der Waals surface area contributed by atoms with E-state index in [2.05, 4.69) is 9.97 Å². The third-order valence-electron chi connectivity index (χ3n) is 3.56. The van der Waals surface area contributed by atoms with E-state index in [1.807, 2.05) is 13.0 Å². The summed E-state index contributed by atoms with van der Waals surface area (Å²) in [5.41, 5.74) is 1.79. The lowest BCUT2D eigenvalue weighted by Gasteiger charge is -2.09. The molecule has 0 saturated carbocycles. The zero-order chi connectivity index (χ0) is 17.8. The maximum absolute atomic E-state index is 12.3. The standard InChI is InChI=1S/C18H17N3O4/c1-3-24-17-14(7-4-8-19-17)18(23)25-11-13-10-15(22)21-9-5-6-12(2)16(21)20-13/h4-10H,3,11H2,1-2H3. The molecule has 25 heavy (non-hydrogen) atoms. The molecule has 0 aliphatic heterocycles. The summed E-state index contributed by atoms with van der Waals surface area (Å²) in [5.74, 6) is -0.360. The smallest absolute Gasteiger partial charge is 0.344 e. The summed E-state index contributed by atoms with van der Waals surface area (Å²) in [6.45, 7) is 3.94. The molecule has 0 N–H and O–H groups in total. The van der Waals surface area contributed by atoms with Crippen LogP contribution in [0.2, 0.25) is 0 Å². The molecule has 0 spiro atoms. The first-order valence-corrected chi connectivity index (χ1v) is 7.83. The van der Waals surface area contributed by atoms with Crippen molar-refractivity contribution in [3.63, 3.8) is 0 Å². The maximum Gasteiger partial charge on any atom is 0.344 e. The van der Waals surface area contributed by atoms with Gasteiger partial charge in [0.15, 0.2) is 0 Å². The summed E-state index contributed by atoms with van der Waals surface area (Å²) in [4.78, 5) is 32.9. The number of ether oxygens (including phenoxy) is 2. The maximum atomic E-state index is 12.3. The minimum atomic E-state index is -0.580. The molecule has 0 aliphatic rings. The van der Waals surface area contributed by atoms with Gasteiger partial charge in [0.25, 0.3) is 5.56 Å². The van der Waals surface area contributed by atoms with E-state index < -0.39 is 5.97 Å². The van der Waals surface area contributed by atoms with Crippen molar-refractivity contribution in [2.45, 2.75) is 20.5 Å². The second-order valence-corrected chi connectivity index (χ2v) is 5.34. The molecule has 0 aliphatic carbocycles. The van der Waals surface area contributed by atoms with Crippen molar-refractivity contribution in [2.75, 3.05) is 6.61 Å². The third kappa shape index (κ3) is 3.50. The van der Waals surface area contributed by atoms with Crippen molar-refractivity contribution in [3.05, 3.63) is 69.9 Å². The number of hydrogen-bond donors (Lipinski definition) is 0. The zero-order valence-electron chi connectivity index (χ0n) is 13.9. The number of aromatic nitrogens is 3. The van der Waals surface area contributed by atoms with Gasteiger partial charge in [0.2, 0.25) is 5.88 Å². The van der Waals surface area contributed by atoms with E-state index in [0.717, 1.165) is 5.56 Å². The van der Waals surface area contributed by atoms with Crippen molar-refractivity contribution in [1.82, 2.24) is 14.4 Å². The monoisotopic (exact) mass is 339 g/mol. The topological polar surface area (TPSA) is 82.8 Å². The Morgan fingerprint density at radius 1 is 1.28 bits per heavy atom. The van der Waals surface area contributed by atoms with Crippen molar-refractivity contribution in [1.29, 1.82) is 0 Å². The van der Waals surface area contributed by atoms with Crippen LogP contribution in [0.5, 0.6) is 5.88 Å². The summed E-state index contributed by atoms with van der Waals surface area (Å²) >= 11 is 0. The van der Waals surface area contributed by atoms with E-state index >= 15 is 0 Å². The molecule has 0 atom stereocenters. The number of carbonyl (C=O) groups is 1. The van der Waals surface area contributed by atoms with Gasteiger partial charge in [-0.3, -0.25) is 9.20 Å². The molecule has 0 aromatic carbocycles. The molecule has 3 aromatic rings. The number of nitrogens with zero attached hydrogens (tertiary/aromatic N) is 3. The van der Waals surface area contributed by atoms with Gasteiger partial charge < -0.3 is 9.47 Å². The number of aryl methyl sites for hydroxylation is 1. The van der Waals surface area contributed by atoms with E-state index in [0.29, 0.717) is 17.9 Å². The van der Waals surface area contributed by atoms with Gasteiger partial charge in [-0.05, 0) is 37.6 Å². The summed E-state index contributed by atoms with van der Waals surface area (Å²) in [7, 11) is 0. The van der Waals surface area contributed by atoms with Crippen LogP contribution < -0.4 is 10.3 Å². The highest BCUT2D eigenvalue weighted by molar-refractivity contribution is 5.91. The average Bonchev–Trinajstić information content (AvgIpc) is 2.61. The van der Waals surface area contributed by atoms with Crippen LogP contribution in [0.15, 0.2) is 47.5 Å². The molecule has 3 aromatic heterocycles. The van der Waals surface area contributed by atoms with Crippen LogP contribution in [0.4, 0.5) is 0 Å². The van der Waals surface area contributed by atoms with Gasteiger partial charge in [-0.1, -0.05) is 6.07 Å². The van der Waals surface area contributed by atoms with Gasteiger partial charge in [-0.15, -0.1) is 0 Å². The fourth-order valence-electron chi connectivity index (χ4n) is 2.40. The van der Waals surface area contributed by atoms with Crippen LogP contribution in [0.3, 0.4) is 0 Å². The van der Waals surface area contributed by atoms with E-state index in [1.165, 1.54) is 16.7 Å². The predicted molar refractivity (Wildman–Crippen MR) is 90.7 cm³/mol. The first-order chi connectivity index (χ1) is 12.1. The first-order valence-electron chi connectivity index (χ1n) is 7.83. The molecule has 0 bridgehead atoms. The summed E-state index contributed by atoms with van der Waals surface area (Å²) in [6, 6.07) is 8.20. The highest BCUT2D eigenvalue weighted by Gasteiger charge is 2.15. The molecule has 0 unspecified atom stereocenters. The molecule has 3 rings (SSSR count). The predicted octanol–water partition coefficient (Wildman–Crippen LogP) is 2.15. The van der Waals surface area contributed by atoms with Gasteiger partial charge in [-0.2, -0.15) is 0 Å². The van der Waals surface area contributed by atoms with Crippen molar-refractivity contribution in [2.24, 2.45) is 0 Å². The SMILES string of the molecule is CCOc1ncccc1C(=O)OCc1cc(=O)n2cccc(C)c2n1. The largest absolute Gasteiger partial charge is 0.477 e. The lowest BCUT2D eigenvalue weighted by Crippen LogP contribution is -2.17. The quantitative estimate of drug-likeness (QED) is 0.663. The van der Waals surface area contributed by atoms with Gasteiger partial charge in [0.05, 0.1) is 12.3 Å². The molecule has 128 valence electrons. The third-order valence-corrected chi connectivity index (χ3v) is 3.56. The molecule has 7 nitrogen and oxygen atoms in total. The lowest BCUT2D eigenvalue weighted by molar-refractivity contribution is 0.0462. The number of fused-ring (bicyclic) bond motifs is 1. The molecule has 0 fully saturated rings. The zero-order valence-corrected chi connectivity index (χ0v) is 13.9. The van der Waals surface area contributed by atoms with Crippen LogP contribution >= 0.6 is 0 Å². The number of carbonyl (C=O) groups excluding carboxylic acids is 1. The summed E-state index contributed by atoms with van der Waals surface area (Å²) < 4.78 is 12.1. The highest BCUT2D eigenvalue weighted by atomic mass is 16.5. The minimum Gasteiger partial charge on any atom is -0.477 e. The van der Waals surface area contributed by atoms with E-state index in [9.17, 15) is 9.59 Å². The molecule has 0 saturated heterocycles. The van der Waals surface area contributed by atoms with E-state index in [1.54, 1.807) is 31.3 Å². The van der Waals surface area contributed by atoms with Gasteiger partial charge >= 0.3 is 5.97 Å². The molecular weight excluding hydrogens is 322 g/mol. The van der Waals surface area contributed by atoms with Gasteiger partial charge in [-0.25, -0.2) is 14.8 Å². The van der Waals surface area contributed by atoms with Gasteiger partial charge in [0, 0.05) is 18.5 Å². The van der Waals surface area contributed by atoms with E-state index in [-0.39, 0.29) is 23.6 Å². The van der Waals surface area contributed by atoms with Crippen molar-refractivity contribution < 1.29 is 14.3 Å². The van der Waals surface area contributed by atoms with Crippen LogP contribution in [-0.2, 0) is 11.3 Å². The Bertz CT molecular complexity index is 981. The normalized spacial score (nSPS) is 10.6. The second kappa shape index (κ2) is 7.12. The van der Waals surface area contributed by atoms with Crippen LogP contribution in [-0.4, -0.2) is 26.9 Å². The van der Waals surface area contributed by atoms with Crippen molar-refractivity contribution in [3.8, 4) is 5.88 Å². The van der Waals surface area contributed by atoms with Crippen LogP contribution in [0.25, 0.3) is 5.65 Å². The Kier molecular flexibility index (Phi) is 4.74. The lowest BCUT2D eigenvalue weighted by atomic mass is 10.2. The Balaban J connectivity index is 1.82. The highest BCUT2D eigenvalue weighted by Crippen LogP contribution is 2.16. The fraction of sp³-hybridized carbons (Fsp3) is 0.222. The molecule has 7 heteroatoms. The van der Waals surface area contributed by atoms with Crippen molar-refractivity contribution >= 4 is 11.6 Å². The molecule has 0 amide bonds. The van der Waals surface area contributed by atoms with Crippen LogP contribution in [0.1, 0.15) is 28.5 Å². The molecule has 3 heterocycles. The number of esters is 1. The van der Waals surface area contributed by atoms with Crippen LogP contribution in [0, 0.1) is 6.92 Å². The number of hydrogen-bond acceptors (Lipinski definition) is 6. The second-order valence-electron chi connectivity index (χ2n) is 5.34. The Morgan fingerprint density at radius 2 is 2.12 bits per heavy atom. The Hall–Kier alpha value is -3.22. The summed E-state index contributed by atoms with van der Waals surface area (Å²) in [6.07, 6.45) is 3.19.